The molecule has 3 aromatic rings. The normalized spacial score (nSPS) is 12.8. The predicted molar refractivity (Wildman–Crippen MR) is 121 cm³/mol. The van der Waals surface area contributed by atoms with Crippen LogP contribution in [0.4, 0.5) is 11.4 Å². The first-order valence-corrected chi connectivity index (χ1v) is 12.1. The van der Waals surface area contributed by atoms with Crippen LogP contribution >= 0.6 is 11.8 Å². The summed E-state index contributed by atoms with van der Waals surface area (Å²) in [6.07, 6.45) is 1.96. The third-order valence-corrected chi connectivity index (χ3v) is 6.63. The van der Waals surface area contributed by atoms with E-state index in [1.54, 1.807) is 42.1 Å². The Hall–Kier alpha value is -3.17. The Balaban J connectivity index is 1.52. The summed E-state index contributed by atoms with van der Waals surface area (Å²) in [6, 6.07) is 18.2. The Morgan fingerprint density at radius 1 is 0.903 bits per heavy atom. The van der Waals surface area contributed by atoms with Gasteiger partial charge in [-0.1, -0.05) is 12.1 Å². The molecule has 1 amide bonds. The fourth-order valence-corrected chi connectivity index (χ4v) is 4.56. The van der Waals surface area contributed by atoms with Gasteiger partial charge < -0.3 is 14.8 Å². The summed E-state index contributed by atoms with van der Waals surface area (Å²) in [5.74, 6) is 0.558. The number of fused-ring (bicyclic) bond motifs is 1. The maximum absolute atomic E-state index is 12.8. The highest BCUT2D eigenvalue weighted by molar-refractivity contribution is 7.98. The maximum atomic E-state index is 12.8. The lowest BCUT2D eigenvalue weighted by Crippen LogP contribution is -2.17. The Kier molecular flexibility index (Phi) is 6.06. The van der Waals surface area contributed by atoms with Crippen LogP contribution in [0.1, 0.15) is 10.4 Å². The molecule has 0 bridgehead atoms. The molecular formula is C22H20N2O5S2. The summed E-state index contributed by atoms with van der Waals surface area (Å²) in [7, 11) is -3.88. The maximum Gasteiger partial charge on any atom is 0.262 e. The first kappa shape index (κ1) is 21.1. The van der Waals surface area contributed by atoms with Gasteiger partial charge in [0, 0.05) is 27.9 Å². The summed E-state index contributed by atoms with van der Waals surface area (Å²) in [5, 5.41) is 2.83. The highest BCUT2D eigenvalue weighted by Gasteiger charge is 2.20. The second kappa shape index (κ2) is 8.91. The van der Waals surface area contributed by atoms with Gasteiger partial charge in [0.25, 0.3) is 15.9 Å². The minimum atomic E-state index is -3.88. The molecule has 0 saturated carbocycles. The quantitative estimate of drug-likeness (QED) is 0.539. The third kappa shape index (κ3) is 4.95. The lowest BCUT2D eigenvalue weighted by Gasteiger charge is -2.19. The predicted octanol–water partition coefficient (Wildman–Crippen LogP) is 4.23. The molecule has 0 fully saturated rings. The number of sulfonamides is 1. The van der Waals surface area contributed by atoms with Crippen molar-refractivity contribution in [3.8, 4) is 11.5 Å². The largest absolute Gasteiger partial charge is 0.486 e. The molecule has 0 radical (unpaired) electrons. The van der Waals surface area contributed by atoms with Crippen LogP contribution in [-0.4, -0.2) is 33.8 Å². The average Bonchev–Trinajstić information content (AvgIpc) is 2.78. The number of benzene rings is 3. The molecule has 0 spiro atoms. The van der Waals surface area contributed by atoms with E-state index >= 15 is 0 Å². The summed E-state index contributed by atoms with van der Waals surface area (Å²) < 4.78 is 39.0. The first-order chi connectivity index (χ1) is 14.9. The van der Waals surface area contributed by atoms with E-state index in [2.05, 4.69) is 10.0 Å². The molecule has 0 atom stereocenters. The number of carbonyl (C=O) groups excluding carboxylic acids is 1. The van der Waals surface area contributed by atoms with Gasteiger partial charge in [0.05, 0.1) is 4.90 Å². The van der Waals surface area contributed by atoms with Crippen molar-refractivity contribution in [2.24, 2.45) is 0 Å². The smallest absolute Gasteiger partial charge is 0.262 e. The van der Waals surface area contributed by atoms with E-state index in [-0.39, 0.29) is 16.5 Å². The molecule has 4 rings (SSSR count). The number of amides is 1. The molecule has 1 aliphatic heterocycles. The molecule has 160 valence electrons. The Morgan fingerprint density at radius 2 is 1.65 bits per heavy atom. The fourth-order valence-electron chi connectivity index (χ4n) is 3.03. The SMILES string of the molecule is CSc1cccc(NC(=O)c2cccc(NS(=O)(=O)c3ccc4c(c3)OCCO4)c2)c1. The van der Waals surface area contributed by atoms with Gasteiger partial charge in [-0.05, 0) is 54.8 Å². The zero-order chi connectivity index (χ0) is 21.8. The average molecular weight is 457 g/mol. The van der Waals surface area contributed by atoms with Crippen molar-refractivity contribution in [1.82, 2.24) is 0 Å². The molecule has 3 aromatic carbocycles. The van der Waals surface area contributed by atoms with Crippen LogP contribution in [0.5, 0.6) is 11.5 Å². The van der Waals surface area contributed by atoms with Crippen LogP contribution in [-0.2, 0) is 10.0 Å². The van der Waals surface area contributed by atoms with Crippen LogP contribution in [0.15, 0.2) is 76.5 Å². The van der Waals surface area contributed by atoms with Crippen molar-refractivity contribution < 1.29 is 22.7 Å². The van der Waals surface area contributed by atoms with E-state index < -0.39 is 10.0 Å². The number of hydrogen-bond acceptors (Lipinski definition) is 6. The second-order valence-electron chi connectivity index (χ2n) is 6.68. The topological polar surface area (TPSA) is 93.7 Å². The zero-order valence-electron chi connectivity index (χ0n) is 16.6. The minimum Gasteiger partial charge on any atom is -0.486 e. The molecule has 9 heteroatoms. The molecule has 0 saturated heterocycles. The molecular weight excluding hydrogens is 436 g/mol. The van der Waals surface area contributed by atoms with Gasteiger partial charge in [-0.2, -0.15) is 0 Å². The monoisotopic (exact) mass is 456 g/mol. The summed E-state index contributed by atoms with van der Waals surface area (Å²) in [6.45, 7) is 0.786. The van der Waals surface area contributed by atoms with Crippen molar-refractivity contribution >= 4 is 39.1 Å². The van der Waals surface area contributed by atoms with Crippen molar-refractivity contribution in [2.75, 3.05) is 29.5 Å². The van der Waals surface area contributed by atoms with Crippen LogP contribution in [0.2, 0.25) is 0 Å². The number of rotatable bonds is 6. The molecule has 7 nitrogen and oxygen atoms in total. The van der Waals surface area contributed by atoms with Crippen molar-refractivity contribution in [1.29, 1.82) is 0 Å². The van der Waals surface area contributed by atoms with E-state index in [4.69, 9.17) is 9.47 Å². The van der Waals surface area contributed by atoms with Gasteiger partial charge in [0.15, 0.2) is 11.5 Å². The number of ether oxygens (including phenoxy) is 2. The molecule has 1 aliphatic rings. The molecule has 0 aromatic heterocycles. The summed E-state index contributed by atoms with van der Waals surface area (Å²) in [4.78, 5) is 13.7. The highest BCUT2D eigenvalue weighted by Crippen LogP contribution is 2.32. The molecule has 0 unspecified atom stereocenters. The van der Waals surface area contributed by atoms with Crippen molar-refractivity contribution in [2.45, 2.75) is 9.79 Å². The van der Waals surface area contributed by atoms with Crippen molar-refractivity contribution in [3.63, 3.8) is 0 Å². The van der Waals surface area contributed by atoms with E-state index in [0.717, 1.165) is 4.90 Å². The number of hydrogen-bond donors (Lipinski definition) is 2. The van der Waals surface area contributed by atoms with Gasteiger partial charge in [0.1, 0.15) is 13.2 Å². The summed E-state index contributed by atoms with van der Waals surface area (Å²) >= 11 is 1.58. The summed E-state index contributed by atoms with van der Waals surface area (Å²) in [5.41, 5.74) is 1.27. The number of carbonyl (C=O) groups is 1. The van der Waals surface area contributed by atoms with Crippen LogP contribution in [0.3, 0.4) is 0 Å². The Morgan fingerprint density at radius 3 is 2.45 bits per heavy atom. The third-order valence-electron chi connectivity index (χ3n) is 4.53. The first-order valence-electron chi connectivity index (χ1n) is 9.42. The van der Waals surface area contributed by atoms with Gasteiger partial charge in [0.2, 0.25) is 0 Å². The molecule has 1 heterocycles. The van der Waals surface area contributed by atoms with Gasteiger partial charge >= 0.3 is 0 Å². The Labute approximate surface area is 184 Å². The highest BCUT2D eigenvalue weighted by atomic mass is 32.2. The fraction of sp³-hybridized carbons (Fsp3) is 0.136. The van der Waals surface area contributed by atoms with Gasteiger partial charge in [-0.15, -0.1) is 11.8 Å². The van der Waals surface area contributed by atoms with Crippen LogP contribution in [0, 0.1) is 0 Å². The molecule has 0 aliphatic carbocycles. The van der Waals surface area contributed by atoms with E-state index in [1.807, 2.05) is 24.5 Å². The van der Waals surface area contributed by atoms with E-state index in [9.17, 15) is 13.2 Å². The lowest BCUT2D eigenvalue weighted by atomic mass is 10.2. The molecule has 2 N–H and O–H groups in total. The molecule has 31 heavy (non-hydrogen) atoms. The van der Waals surface area contributed by atoms with Crippen LogP contribution in [0.25, 0.3) is 0 Å². The second-order valence-corrected chi connectivity index (χ2v) is 9.24. The van der Waals surface area contributed by atoms with Crippen LogP contribution < -0.4 is 19.5 Å². The Bertz CT molecular complexity index is 1230. The van der Waals surface area contributed by atoms with E-state index in [0.29, 0.717) is 36.0 Å². The zero-order valence-corrected chi connectivity index (χ0v) is 18.3. The number of nitrogens with one attached hydrogen (secondary N) is 2. The number of thioether (sulfide) groups is 1. The number of anilines is 2. The lowest BCUT2D eigenvalue weighted by molar-refractivity contribution is 0.102. The van der Waals surface area contributed by atoms with E-state index in [1.165, 1.54) is 18.2 Å². The van der Waals surface area contributed by atoms with Gasteiger partial charge in [-0.25, -0.2) is 8.42 Å². The van der Waals surface area contributed by atoms with Gasteiger partial charge in [-0.3, -0.25) is 9.52 Å². The van der Waals surface area contributed by atoms with Crippen molar-refractivity contribution in [3.05, 3.63) is 72.3 Å². The minimum absolute atomic E-state index is 0.0421. The standard InChI is InChI=1S/C22H20N2O5S2/c1-30-18-7-3-5-16(13-18)23-22(25)15-4-2-6-17(12-15)24-31(26,27)19-8-9-20-21(14-19)29-11-10-28-20/h2-9,12-14,24H,10-11H2,1H3,(H,23,25).